The van der Waals surface area contributed by atoms with E-state index in [9.17, 15) is 0 Å². The fraction of sp³-hybridized carbons (Fsp3) is 0.538. The van der Waals surface area contributed by atoms with E-state index in [0.29, 0.717) is 0 Å². The van der Waals surface area contributed by atoms with Crippen molar-refractivity contribution in [2.24, 2.45) is 0 Å². The molecule has 1 aromatic rings. The van der Waals surface area contributed by atoms with Gasteiger partial charge < -0.3 is 24.8 Å². The highest BCUT2D eigenvalue weighted by Gasteiger charge is 2.03. The SMILES string of the molecule is COCCNCCNc1cc(OC)ccc1OC. The predicted molar refractivity (Wildman–Crippen MR) is 72.8 cm³/mol. The maximum absolute atomic E-state index is 5.28. The molecule has 5 nitrogen and oxygen atoms in total. The van der Waals surface area contributed by atoms with Gasteiger partial charge in [0, 0.05) is 32.8 Å². The summed E-state index contributed by atoms with van der Waals surface area (Å²) >= 11 is 0. The molecule has 0 atom stereocenters. The van der Waals surface area contributed by atoms with Crippen LogP contribution >= 0.6 is 0 Å². The summed E-state index contributed by atoms with van der Waals surface area (Å²) in [6, 6.07) is 5.69. The number of methoxy groups -OCH3 is 3. The van der Waals surface area contributed by atoms with Crippen molar-refractivity contribution < 1.29 is 14.2 Å². The lowest BCUT2D eigenvalue weighted by Gasteiger charge is -2.12. The summed E-state index contributed by atoms with van der Waals surface area (Å²) in [5, 5.41) is 6.57. The first-order chi connectivity index (χ1) is 8.81. The van der Waals surface area contributed by atoms with Gasteiger partial charge in [-0.2, -0.15) is 0 Å². The lowest BCUT2D eigenvalue weighted by atomic mass is 10.2. The molecular formula is C13H22N2O3. The van der Waals surface area contributed by atoms with Crippen LogP contribution in [-0.2, 0) is 4.74 Å². The van der Waals surface area contributed by atoms with Crippen LogP contribution in [0.1, 0.15) is 0 Å². The predicted octanol–water partition coefficient (Wildman–Crippen LogP) is 1.35. The van der Waals surface area contributed by atoms with Crippen molar-refractivity contribution >= 4 is 5.69 Å². The zero-order valence-electron chi connectivity index (χ0n) is 11.3. The molecule has 0 aliphatic heterocycles. The molecule has 2 N–H and O–H groups in total. The second-order valence-corrected chi connectivity index (χ2v) is 3.74. The molecule has 1 aromatic carbocycles. The first-order valence-corrected chi connectivity index (χ1v) is 5.97. The first-order valence-electron chi connectivity index (χ1n) is 5.97. The van der Waals surface area contributed by atoms with E-state index < -0.39 is 0 Å². The van der Waals surface area contributed by atoms with Crippen LogP contribution in [0.3, 0.4) is 0 Å². The third-order valence-corrected chi connectivity index (χ3v) is 2.51. The summed E-state index contributed by atoms with van der Waals surface area (Å²) in [5.74, 6) is 1.62. The Kier molecular flexibility index (Phi) is 6.98. The average Bonchev–Trinajstić information content (AvgIpc) is 2.42. The number of hydrogen-bond acceptors (Lipinski definition) is 5. The third kappa shape index (κ3) is 4.81. The van der Waals surface area contributed by atoms with Crippen molar-refractivity contribution in [1.82, 2.24) is 5.32 Å². The molecule has 0 unspecified atom stereocenters. The summed E-state index contributed by atoms with van der Waals surface area (Å²) in [5.41, 5.74) is 0.936. The Morgan fingerprint density at radius 2 is 1.83 bits per heavy atom. The highest BCUT2D eigenvalue weighted by atomic mass is 16.5. The number of benzene rings is 1. The second kappa shape index (κ2) is 8.60. The fourth-order valence-corrected chi connectivity index (χ4v) is 1.54. The van der Waals surface area contributed by atoms with Gasteiger partial charge in [0.15, 0.2) is 0 Å². The summed E-state index contributed by atoms with van der Waals surface area (Å²) in [6.45, 7) is 3.26. The van der Waals surface area contributed by atoms with Crippen molar-refractivity contribution in [1.29, 1.82) is 0 Å². The molecule has 0 aliphatic carbocycles. The number of nitrogens with one attached hydrogen (secondary N) is 2. The molecule has 102 valence electrons. The molecule has 0 saturated carbocycles. The Morgan fingerprint density at radius 3 is 2.50 bits per heavy atom. The quantitative estimate of drug-likeness (QED) is 0.652. The van der Waals surface area contributed by atoms with Crippen LogP contribution in [0.4, 0.5) is 5.69 Å². The van der Waals surface area contributed by atoms with Crippen molar-refractivity contribution in [3.05, 3.63) is 18.2 Å². The van der Waals surface area contributed by atoms with Gasteiger partial charge in [0.25, 0.3) is 0 Å². The number of ether oxygens (including phenoxy) is 3. The smallest absolute Gasteiger partial charge is 0.142 e. The minimum absolute atomic E-state index is 0.725. The van der Waals surface area contributed by atoms with E-state index in [4.69, 9.17) is 14.2 Å². The van der Waals surface area contributed by atoms with Crippen molar-refractivity contribution in [2.45, 2.75) is 0 Å². The zero-order valence-corrected chi connectivity index (χ0v) is 11.3. The highest BCUT2D eigenvalue weighted by Crippen LogP contribution is 2.28. The molecule has 0 heterocycles. The minimum atomic E-state index is 0.725. The molecule has 0 aliphatic rings. The summed E-state index contributed by atoms with van der Waals surface area (Å²) < 4.78 is 15.4. The van der Waals surface area contributed by atoms with Crippen LogP contribution in [0.5, 0.6) is 11.5 Å². The monoisotopic (exact) mass is 254 g/mol. The van der Waals surface area contributed by atoms with Crippen molar-refractivity contribution in [2.75, 3.05) is 52.9 Å². The van der Waals surface area contributed by atoms with E-state index in [1.165, 1.54) is 0 Å². The van der Waals surface area contributed by atoms with E-state index in [1.54, 1.807) is 21.3 Å². The lowest BCUT2D eigenvalue weighted by molar-refractivity contribution is 0.200. The second-order valence-electron chi connectivity index (χ2n) is 3.74. The van der Waals surface area contributed by atoms with Gasteiger partial charge in [0.05, 0.1) is 26.5 Å². The van der Waals surface area contributed by atoms with Crippen LogP contribution in [0.15, 0.2) is 18.2 Å². The largest absolute Gasteiger partial charge is 0.497 e. The van der Waals surface area contributed by atoms with Crippen LogP contribution in [0.2, 0.25) is 0 Å². The summed E-state index contributed by atoms with van der Waals surface area (Å²) in [7, 11) is 5.00. The van der Waals surface area contributed by atoms with Gasteiger partial charge in [0.2, 0.25) is 0 Å². The first kappa shape index (κ1) is 14.6. The molecule has 0 aromatic heterocycles. The maximum atomic E-state index is 5.28. The van der Waals surface area contributed by atoms with Crippen LogP contribution in [0, 0.1) is 0 Å². The average molecular weight is 254 g/mol. The van der Waals surface area contributed by atoms with Crippen LogP contribution < -0.4 is 20.1 Å². The molecule has 1 rings (SSSR count). The van der Waals surface area contributed by atoms with Gasteiger partial charge in [-0.15, -0.1) is 0 Å². The van der Waals surface area contributed by atoms with E-state index in [-0.39, 0.29) is 0 Å². The van der Waals surface area contributed by atoms with E-state index >= 15 is 0 Å². The Labute approximate surface area is 108 Å². The molecule has 18 heavy (non-hydrogen) atoms. The lowest BCUT2D eigenvalue weighted by Crippen LogP contribution is -2.25. The Balaban J connectivity index is 2.39. The normalized spacial score (nSPS) is 10.2. The number of rotatable bonds is 9. The Hall–Kier alpha value is -1.46. The van der Waals surface area contributed by atoms with Gasteiger partial charge in [-0.05, 0) is 12.1 Å². The number of anilines is 1. The van der Waals surface area contributed by atoms with E-state index in [0.717, 1.165) is 43.4 Å². The summed E-state index contributed by atoms with van der Waals surface area (Å²) in [4.78, 5) is 0. The molecule has 0 radical (unpaired) electrons. The topological polar surface area (TPSA) is 51.8 Å². The number of hydrogen-bond donors (Lipinski definition) is 2. The Morgan fingerprint density at radius 1 is 1.00 bits per heavy atom. The molecule has 0 fully saturated rings. The summed E-state index contributed by atoms with van der Waals surface area (Å²) in [6.07, 6.45) is 0. The molecular weight excluding hydrogens is 232 g/mol. The van der Waals surface area contributed by atoms with Crippen molar-refractivity contribution in [3.63, 3.8) is 0 Å². The fourth-order valence-electron chi connectivity index (χ4n) is 1.54. The van der Waals surface area contributed by atoms with Crippen LogP contribution in [0.25, 0.3) is 0 Å². The Bertz CT molecular complexity index is 345. The van der Waals surface area contributed by atoms with Gasteiger partial charge in [-0.3, -0.25) is 0 Å². The van der Waals surface area contributed by atoms with Crippen molar-refractivity contribution in [3.8, 4) is 11.5 Å². The highest BCUT2D eigenvalue weighted by molar-refractivity contribution is 5.59. The molecule has 5 heteroatoms. The molecule has 0 saturated heterocycles. The maximum Gasteiger partial charge on any atom is 0.142 e. The van der Waals surface area contributed by atoms with Gasteiger partial charge in [-0.1, -0.05) is 0 Å². The molecule has 0 bridgehead atoms. The van der Waals surface area contributed by atoms with Gasteiger partial charge in [0.1, 0.15) is 11.5 Å². The van der Waals surface area contributed by atoms with E-state index in [2.05, 4.69) is 10.6 Å². The van der Waals surface area contributed by atoms with E-state index in [1.807, 2.05) is 18.2 Å². The zero-order chi connectivity index (χ0) is 13.2. The minimum Gasteiger partial charge on any atom is -0.497 e. The third-order valence-electron chi connectivity index (χ3n) is 2.51. The molecule has 0 amide bonds. The van der Waals surface area contributed by atoms with Crippen LogP contribution in [-0.4, -0.2) is 47.6 Å². The standard InChI is InChI=1S/C13H22N2O3/c1-16-9-8-14-6-7-15-12-10-11(17-2)4-5-13(12)18-3/h4-5,10,14-15H,6-9H2,1-3H3. The van der Waals surface area contributed by atoms with Gasteiger partial charge in [-0.25, -0.2) is 0 Å². The van der Waals surface area contributed by atoms with Gasteiger partial charge >= 0.3 is 0 Å². The molecule has 0 spiro atoms.